The number of halogens is 2. The zero-order chi connectivity index (χ0) is 11.4. The molecule has 1 saturated heterocycles. The van der Waals surface area contributed by atoms with Crippen molar-refractivity contribution in [3.05, 3.63) is 34.1 Å². The highest BCUT2D eigenvalue weighted by atomic mass is 79.9. The summed E-state index contributed by atoms with van der Waals surface area (Å²) >= 11 is 3.39. The van der Waals surface area contributed by atoms with E-state index in [0.29, 0.717) is 6.61 Å². The van der Waals surface area contributed by atoms with Gasteiger partial charge in [-0.1, -0.05) is 15.9 Å². The molecule has 2 rings (SSSR count). The highest BCUT2D eigenvalue weighted by Crippen LogP contribution is 2.20. The van der Waals surface area contributed by atoms with E-state index in [0.717, 1.165) is 36.0 Å². The summed E-state index contributed by atoms with van der Waals surface area (Å²) in [5.74, 6) is -0.219. The second-order valence-electron chi connectivity index (χ2n) is 4.02. The first kappa shape index (κ1) is 12.0. The normalized spacial score (nSPS) is 21.0. The monoisotopic (exact) mass is 287 g/mol. The molecule has 0 bridgehead atoms. The summed E-state index contributed by atoms with van der Waals surface area (Å²) in [6, 6.07) is 4.67. The Morgan fingerprint density at radius 1 is 1.50 bits per heavy atom. The number of nitrogens with one attached hydrogen (secondary N) is 1. The third-order valence-corrected chi connectivity index (χ3v) is 3.51. The third kappa shape index (κ3) is 3.27. The molecular formula is C12H15BrFNO. The number of piperidine rings is 1. The van der Waals surface area contributed by atoms with E-state index < -0.39 is 0 Å². The Bertz CT molecular complexity index is 353. The molecule has 0 saturated carbocycles. The van der Waals surface area contributed by atoms with E-state index in [1.165, 1.54) is 12.1 Å². The van der Waals surface area contributed by atoms with Gasteiger partial charge < -0.3 is 10.1 Å². The smallest absolute Gasteiger partial charge is 0.123 e. The molecule has 88 valence electrons. The van der Waals surface area contributed by atoms with Crippen molar-refractivity contribution < 1.29 is 9.13 Å². The third-order valence-electron chi connectivity index (χ3n) is 2.73. The van der Waals surface area contributed by atoms with E-state index in [1.807, 2.05) is 0 Å². The van der Waals surface area contributed by atoms with Crippen LogP contribution in [0.4, 0.5) is 4.39 Å². The molecule has 1 N–H and O–H groups in total. The van der Waals surface area contributed by atoms with Crippen LogP contribution < -0.4 is 5.32 Å². The van der Waals surface area contributed by atoms with Crippen LogP contribution in [-0.4, -0.2) is 19.2 Å². The van der Waals surface area contributed by atoms with Crippen molar-refractivity contribution in [3.8, 4) is 0 Å². The van der Waals surface area contributed by atoms with Gasteiger partial charge in [-0.25, -0.2) is 4.39 Å². The number of benzene rings is 1. The number of rotatable bonds is 3. The van der Waals surface area contributed by atoms with E-state index in [2.05, 4.69) is 21.2 Å². The summed E-state index contributed by atoms with van der Waals surface area (Å²) in [5, 5.41) is 3.29. The Hall–Kier alpha value is -0.450. The van der Waals surface area contributed by atoms with Crippen molar-refractivity contribution in [2.45, 2.75) is 25.6 Å². The first-order valence-corrected chi connectivity index (χ1v) is 6.31. The van der Waals surface area contributed by atoms with Gasteiger partial charge in [0.15, 0.2) is 0 Å². The van der Waals surface area contributed by atoms with Crippen molar-refractivity contribution in [2.24, 2.45) is 0 Å². The lowest BCUT2D eigenvalue weighted by Gasteiger charge is -2.23. The first-order chi connectivity index (χ1) is 7.75. The van der Waals surface area contributed by atoms with Crippen LogP contribution in [0.3, 0.4) is 0 Å². The lowest BCUT2D eigenvalue weighted by molar-refractivity contribution is 0.0249. The van der Waals surface area contributed by atoms with Gasteiger partial charge in [0.25, 0.3) is 0 Å². The fourth-order valence-electron chi connectivity index (χ4n) is 1.82. The highest BCUT2D eigenvalue weighted by Gasteiger charge is 2.13. The lowest BCUT2D eigenvalue weighted by Crippen LogP contribution is -2.35. The van der Waals surface area contributed by atoms with Gasteiger partial charge >= 0.3 is 0 Å². The van der Waals surface area contributed by atoms with Crippen LogP contribution in [0.2, 0.25) is 0 Å². The molecule has 0 aromatic heterocycles. The van der Waals surface area contributed by atoms with Crippen LogP contribution in [0.1, 0.15) is 18.4 Å². The Kier molecular flexibility index (Phi) is 4.32. The fourth-order valence-corrected chi connectivity index (χ4v) is 2.18. The minimum Gasteiger partial charge on any atom is -0.372 e. The van der Waals surface area contributed by atoms with Crippen molar-refractivity contribution in [3.63, 3.8) is 0 Å². The van der Waals surface area contributed by atoms with E-state index in [-0.39, 0.29) is 11.9 Å². The molecule has 4 heteroatoms. The predicted molar refractivity (Wildman–Crippen MR) is 64.8 cm³/mol. The van der Waals surface area contributed by atoms with Crippen molar-refractivity contribution >= 4 is 15.9 Å². The summed E-state index contributed by atoms with van der Waals surface area (Å²) in [4.78, 5) is 0. The molecule has 1 aromatic rings. The highest BCUT2D eigenvalue weighted by molar-refractivity contribution is 9.10. The molecule has 2 nitrogen and oxygen atoms in total. The van der Waals surface area contributed by atoms with E-state index in [1.54, 1.807) is 6.07 Å². The van der Waals surface area contributed by atoms with Crippen molar-refractivity contribution in [1.29, 1.82) is 0 Å². The van der Waals surface area contributed by atoms with Crippen LogP contribution >= 0.6 is 15.9 Å². The molecule has 1 fully saturated rings. The van der Waals surface area contributed by atoms with E-state index in [9.17, 15) is 4.39 Å². The average molecular weight is 288 g/mol. The SMILES string of the molecule is Fc1ccc(Br)c(COC2CCCNC2)c1. The molecule has 0 radical (unpaired) electrons. The van der Waals surface area contributed by atoms with Gasteiger partial charge in [-0.3, -0.25) is 0 Å². The molecule has 1 aliphatic heterocycles. The second-order valence-corrected chi connectivity index (χ2v) is 4.87. The second kappa shape index (κ2) is 5.75. The van der Waals surface area contributed by atoms with E-state index in [4.69, 9.17) is 4.74 Å². The summed E-state index contributed by atoms with van der Waals surface area (Å²) < 4.78 is 19.7. The average Bonchev–Trinajstić information content (AvgIpc) is 2.32. The van der Waals surface area contributed by atoms with Gasteiger partial charge in [-0.15, -0.1) is 0 Å². The number of hydrogen-bond donors (Lipinski definition) is 1. The van der Waals surface area contributed by atoms with Gasteiger partial charge in [-0.05, 0) is 43.1 Å². The van der Waals surface area contributed by atoms with Gasteiger partial charge in [0.1, 0.15) is 5.82 Å². The molecule has 0 spiro atoms. The Morgan fingerprint density at radius 2 is 2.38 bits per heavy atom. The lowest BCUT2D eigenvalue weighted by atomic mass is 10.1. The number of ether oxygens (including phenoxy) is 1. The molecule has 1 atom stereocenters. The standard InChI is InChI=1S/C12H15BrFNO/c13-12-4-3-10(14)6-9(12)8-16-11-2-1-5-15-7-11/h3-4,6,11,15H,1-2,5,7-8H2. The molecule has 0 aliphatic carbocycles. The van der Waals surface area contributed by atoms with Crippen LogP contribution in [-0.2, 0) is 11.3 Å². The van der Waals surface area contributed by atoms with E-state index >= 15 is 0 Å². The van der Waals surface area contributed by atoms with Crippen LogP contribution in [0.25, 0.3) is 0 Å². The summed E-state index contributed by atoms with van der Waals surface area (Å²) in [5.41, 5.74) is 0.866. The Balaban J connectivity index is 1.90. The quantitative estimate of drug-likeness (QED) is 0.923. The van der Waals surface area contributed by atoms with Crippen LogP contribution in [0.15, 0.2) is 22.7 Å². The van der Waals surface area contributed by atoms with Crippen molar-refractivity contribution in [1.82, 2.24) is 5.32 Å². The van der Waals surface area contributed by atoms with Gasteiger partial charge in [0.2, 0.25) is 0 Å². The minimum absolute atomic E-state index is 0.219. The predicted octanol–water partition coefficient (Wildman–Crippen LogP) is 2.86. The molecule has 1 unspecified atom stereocenters. The molecule has 16 heavy (non-hydrogen) atoms. The molecule has 1 aromatic carbocycles. The van der Waals surface area contributed by atoms with Gasteiger partial charge in [-0.2, -0.15) is 0 Å². The molecule has 1 heterocycles. The zero-order valence-corrected chi connectivity index (χ0v) is 10.6. The fraction of sp³-hybridized carbons (Fsp3) is 0.500. The Labute approximate surface area is 103 Å². The van der Waals surface area contributed by atoms with Gasteiger partial charge in [0.05, 0.1) is 12.7 Å². The van der Waals surface area contributed by atoms with Crippen LogP contribution in [0.5, 0.6) is 0 Å². The van der Waals surface area contributed by atoms with Crippen LogP contribution in [0, 0.1) is 5.82 Å². The topological polar surface area (TPSA) is 21.3 Å². The summed E-state index contributed by atoms with van der Waals surface area (Å²) in [6.07, 6.45) is 2.48. The first-order valence-electron chi connectivity index (χ1n) is 5.52. The van der Waals surface area contributed by atoms with Gasteiger partial charge in [0, 0.05) is 11.0 Å². The largest absolute Gasteiger partial charge is 0.372 e. The molecule has 0 amide bonds. The molecular weight excluding hydrogens is 273 g/mol. The maximum atomic E-state index is 13.0. The minimum atomic E-state index is -0.219. The summed E-state index contributed by atoms with van der Waals surface area (Å²) in [7, 11) is 0. The molecule has 1 aliphatic rings. The summed E-state index contributed by atoms with van der Waals surface area (Å²) in [6.45, 7) is 2.43. The zero-order valence-electron chi connectivity index (χ0n) is 9.01. The Morgan fingerprint density at radius 3 is 3.12 bits per heavy atom. The number of hydrogen-bond acceptors (Lipinski definition) is 2. The maximum Gasteiger partial charge on any atom is 0.123 e. The maximum absolute atomic E-state index is 13.0. The van der Waals surface area contributed by atoms with Crippen molar-refractivity contribution in [2.75, 3.05) is 13.1 Å².